The van der Waals surface area contributed by atoms with E-state index in [-0.39, 0.29) is 0 Å². The van der Waals surface area contributed by atoms with Crippen molar-refractivity contribution < 1.29 is 4.74 Å². The van der Waals surface area contributed by atoms with Crippen LogP contribution in [0.25, 0.3) is 0 Å². The SMILES string of the molecule is CC#CCC(NCCC)C1CCOCC1. The van der Waals surface area contributed by atoms with Crippen LogP contribution in [0.3, 0.4) is 0 Å². The summed E-state index contributed by atoms with van der Waals surface area (Å²) < 4.78 is 5.39. The molecule has 15 heavy (non-hydrogen) atoms. The first-order chi connectivity index (χ1) is 7.38. The summed E-state index contributed by atoms with van der Waals surface area (Å²) in [5.74, 6) is 6.95. The lowest BCUT2D eigenvalue weighted by atomic mass is 9.90. The lowest BCUT2D eigenvalue weighted by Gasteiger charge is -2.30. The van der Waals surface area contributed by atoms with Crippen molar-refractivity contribution in [3.63, 3.8) is 0 Å². The predicted molar refractivity (Wildman–Crippen MR) is 63.7 cm³/mol. The molecule has 1 aliphatic rings. The molecule has 1 heterocycles. The highest BCUT2D eigenvalue weighted by atomic mass is 16.5. The summed E-state index contributed by atoms with van der Waals surface area (Å²) in [5.41, 5.74) is 0. The lowest BCUT2D eigenvalue weighted by molar-refractivity contribution is 0.0544. The quantitative estimate of drug-likeness (QED) is 0.701. The molecule has 1 atom stereocenters. The van der Waals surface area contributed by atoms with E-state index in [0.717, 1.165) is 32.1 Å². The van der Waals surface area contributed by atoms with Gasteiger partial charge in [-0.3, -0.25) is 0 Å². The van der Waals surface area contributed by atoms with E-state index in [9.17, 15) is 0 Å². The molecule has 0 aromatic rings. The summed E-state index contributed by atoms with van der Waals surface area (Å²) in [7, 11) is 0. The van der Waals surface area contributed by atoms with Gasteiger partial charge in [0.1, 0.15) is 0 Å². The first kappa shape index (κ1) is 12.5. The maximum atomic E-state index is 5.39. The molecule has 0 bridgehead atoms. The molecule has 1 rings (SSSR count). The van der Waals surface area contributed by atoms with Crippen molar-refractivity contribution in [2.24, 2.45) is 5.92 Å². The highest BCUT2D eigenvalue weighted by Crippen LogP contribution is 2.20. The number of ether oxygens (including phenoxy) is 1. The fraction of sp³-hybridized carbons (Fsp3) is 0.846. The maximum absolute atomic E-state index is 5.39. The van der Waals surface area contributed by atoms with Crippen LogP contribution in [0.1, 0.15) is 39.5 Å². The molecule has 2 nitrogen and oxygen atoms in total. The molecule has 0 aromatic carbocycles. The topological polar surface area (TPSA) is 21.3 Å². The van der Waals surface area contributed by atoms with Gasteiger partial charge in [0, 0.05) is 25.7 Å². The van der Waals surface area contributed by atoms with E-state index < -0.39 is 0 Å². The van der Waals surface area contributed by atoms with Crippen LogP contribution in [0.4, 0.5) is 0 Å². The van der Waals surface area contributed by atoms with Gasteiger partial charge in [-0.15, -0.1) is 11.8 Å². The van der Waals surface area contributed by atoms with Crippen LogP contribution in [0, 0.1) is 17.8 Å². The first-order valence-electron chi connectivity index (χ1n) is 6.09. The summed E-state index contributed by atoms with van der Waals surface area (Å²) in [5, 5.41) is 3.62. The molecule has 1 saturated heterocycles. The van der Waals surface area contributed by atoms with Crippen LogP contribution < -0.4 is 5.32 Å². The average Bonchev–Trinajstić information content (AvgIpc) is 2.30. The van der Waals surface area contributed by atoms with Gasteiger partial charge in [0.25, 0.3) is 0 Å². The monoisotopic (exact) mass is 209 g/mol. The fourth-order valence-electron chi connectivity index (χ4n) is 2.07. The Morgan fingerprint density at radius 3 is 2.73 bits per heavy atom. The molecule has 1 aliphatic heterocycles. The Morgan fingerprint density at radius 1 is 1.40 bits per heavy atom. The summed E-state index contributed by atoms with van der Waals surface area (Å²) >= 11 is 0. The van der Waals surface area contributed by atoms with Gasteiger partial charge in [-0.1, -0.05) is 6.92 Å². The molecule has 0 aromatic heterocycles. The molecular formula is C13H23NO. The minimum absolute atomic E-state index is 0.571. The van der Waals surface area contributed by atoms with Crippen LogP contribution in [0.15, 0.2) is 0 Å². The number of hydrogen-bond donors (Lipinski definition) is 1. The van der Waals surface area contributed by atoms with E-state index in [1.807, 2.05) is 6.92 Å². The molecule has 1 N–H and O–H groups in total. The standard InChI is InChI=1S/C13H23NO/c1-3-5-6-13(14-9-4-2)12-7-10-15-11-8-12/h12-14H,4,6-11H2,1-2H3. The highest BCUT2D eigenvalue weighted by Gasteiger charge is 2.22. The number of hydrogen-bond acceptors (Lipinski definition) is 2. The van der Waals surface area contributed by atoms with Crippen molar-refractivity contribution in [3.05, 3.63) is 0 Å². The van der Waals surface area contributed by atoms with E-state index in [4.69, 9.17) is 4.74 Å². The lowest BCUT2D eigenvalue weighted by Crippen LogP contribution is -2.39. The molecule has 86 valence electrons. The van der Waals surface area contributed by atoms with Crippen molar-refractivity contribution >= 4 is 0 Å². The van der Waals surface area contributed by atoms with Crippen molar-refractivity contribution in [2.75, 3.05) is 19.8 Å². The summed E-state index contributed by atoms with van der Waals surface area (Å²) in [6.07, 6.45) is 4.56. The van der Waals surface area contributed by atoms with Crippen molar-refractivity contribution in [1.82, 2.24) is 5.32 Å². The third kappa shape index (κ3) is 4.68. The molecule has 0 saturated carbocycles. The second-order valence-electron chi connectivity index (χ2n) is 4.14. The van der Waals surface area contributed by atoms with Crippen LogP contribution in [-0.2, 0) is 4.74 Å². The second kappa shape index (κ2) is 7.73. The van der Waals surface area contributed by atoms with E-state index in [2.05, 4.69) is 24.1 Å². The Balaban J connectivity index is 2.39. The van der Waals surface area contributed by atoms with Gasteiger partial charge >= 0.3 is 0 Å². The van der Waals surface area contributed by atoms with Gasteiger partial charge in [0.05, 0.1) is 0 Å². The van der Waals surface area contributed by atoms with Crippen molar-refractivity contribution in [1.29, 1.82) is 0 Å². The molecule has 0 radical (unpaired) electrons. The largest absolute Gasteiger partial charge is 0.381 e. The predicted octanol–water partition coefficient (Wildman–Crippen LogP) is 2.19. The Morgan fingerprint density at radius 2 is 2.13 bits per heavy atom. The van der Waals surface area contributed by atoms with Gasteiger partial charge in [-0.25, -0.2) is 0 Å². The number of nitrogens with one attached hydrogen (secondary N) is 1. The molecule has 1 unspecified atom stereocenters. The van der Waals surface area contributed by atoms with Gasteiger partial charge < -0.3 is 10.1 Å². The van der Waals surface area contributed by atoms with Crippen LogP contribution >= 0.6 is 0 Å². The van der Waals surface area contributed by atoms with Crippen molar-refractivity contribution in [2.45, 2.75) is 45.6 Å². The Bertz CT molecular complexity index is 210. The van der Waals surface area contributed by atoms with Gasteiger partial charge in [0.15, 0.2) is 0 Å². The Hall–Kier alpha value is -0.520. The second-order valence-corrected chi connectivity index (χ2v) is 4.14. The summed E-state index contributed by atoms with van der Waals surface area (Å²) in [6, 6.07) is 0.571. The van der Waals surface area contributed by atoms with Crippen molar-refractivity contribution in [3.8, 4) is 11.8 Å². The zero-order valence-electron chi connectivity index (χ0n) is 10.0. The maximum Gasteiger partial charge on any atom is 0.0469 e. The van der Waals surface area contributed by atoms with Gasteiger partial charge in [-0.05, 0) is 38.6 Å². The Labute approximate surface area is 93.8 Å². The van der Waals surface area contributed by atoms with E-state index in [1.54, 1.807) is 0 Å². The minimum atomic E-state index is 0.571. The van der Waals surface area contributed by atoms with Gasteiger partial charge in [-0.2, -0.15) is 0 Å². The van der Waals surface area contributed by atoms with Crippen LogP contribution in [0.2, 0.25) is 0 Å². The third-order valence-electron chi connectivity index (χ3n) is 2.99. The minimum Gasteiger partial charge on any atom is -0.381 e. The average molecular weight is 209 g/mol. The zero-order valence-corrected chi connectivity index (χ0v) is 10.0. The highest BCUT2D eigenvalue weighted by molar-refractivity contribution is 4.99. The summed E-state index contributed by atoms with van der Waals surface area (Å²) in [6.45, 7) is 7.08. The zero-order chi connectivity index (χ0) is 10.9. The normalized spacial score (nSPS) is 19.3. The third-order valence-corrected chi connectivity index (χ3v) is 2.99. The Kier molecular flexibility index (Phi) is 6.47. The molecule has 0 aliphatic carbocycles. The van der Waals surface area contributed by atoms with Crippen LogP contribution in [0.5, 0.6) is 0 Å². The molecule has 1 fully saturated rings. The van der Waals surface area contributed by atoms with E-state index >= 15 is 0 Å². The molecule has 2 heteroatoms. The van der Waals surface area contributed by atoms with Crippen LogP contribution in [-0.4, -0.2) is 25.8 Å². The van der Waals surface area contributed by atoms with E-state index in [0.29, 0.717) is 6.04 Å². The first-order valence-corrected chi connectivity index (χ1v) is 6.09. The molecular weight excluding hydrogens is 186 g/mol. The fourth-order valence-corrected chi connectivity index (χ4v) is 2.07. The number of rotatable bonds is 5. The van der Waals surface area contributed by atoms with Gasteiger partial charge in [0.2, 0.25) is 0 Å². The van der Waals surface area contributed by atoms with E-state index in [1.165, 1.54) is 19.3 Å². The smallest absolute Gasteiger partial charge is 0.0469 e. The molecule has 0 amide bonds. The summed E-state index contributed by atoms with van der Waals surface area (Å²) in [4.78, 5) is 0. The molecule has 0 spiro atoms.